The molecule has 146 valence electrons. The smallest absolute Gasteiger partial charge is 0.317 e. The Hall–Kier alpha value is -1.27. The maximum atomic E-state index is 12.6. The van der Waals surface area contributed by atoms with Crippen molar-refractivity contribution in [3.63, 3.8) is 0 Å². The van der Waals surface area contributed by atoms with Gasteiger partial charge in [-0.2, -0.15) is 0 Å². The van der Waals surface area contributed by atoms with E-state index in [0.29, 0.717) is 18.8 Å². The number of hydrogen-bond acceptors (Lipinski definition) is 4. The van der Waals surface area contributed by atoms with Gasteiger partial charge in [-0.3, -0.25) is 9.78 Å². The molecule has 0 aliphatic heterocycles. The molecule has 0 bridgehead atoms. The summed E-state index contributed by atoms with van der Waals surface area (Å²) in [5.41, 5.74) is 1.04. The summed E-state index contributed by atoms with van der Waals surface area (Å²) in [5.74, 6) is 1.40. The number of amides is 2. The van der Waals surface area contributed by atoms with E-state index in [2.05, 4.69) is 10.3 Å². The molecule has 1 fully saturated rings. The number of thioether (sulfide) groups is 1. The summed E-state index contributed by atoms with van der Waals surface area (Å²) in [7, 11) is 0. The van der Waals surface area contributed by atoms with Crippen LogP contribution >= 0.6 is 24.2 Å². The highest BCUT2D eigenvalue weighted by molar-refractivity contribution is 8.13. The van der Waals surface area contributed by atoms with Crippen LogP contribution in [0.15, 0.2) is 24.5 Å². The molecular formula is C19H30ClN3O2S. The van der Waals surface area contributed by atoms with Crippen LogP contribution in [0.25, 0.3) is 0 Å². The molecule has 1 aromatic heterocycles. The van der Waals surface area contributed by atoms with E-state index in [1.165, 1.54) is 43.9 Å². The number of pyridine rings is 1. The second-order valence-corrected chi connectivity index (χ2v) is 7.91. The number of nitrogens with one attached hydrogen (secondary N) is 1. The van der Waals surface area contributed by atoms with Crippen molar-refractivity contribution in [3.8, 4) is 0 Å². The first-order valence-corrected chi connectivity index (χ1v) is 10.2. The Balaban J connectivity index is 0.00000338. The molecule has 0 saturated heterocycles. The zero-order chi connectivity index (χ0) is 17.9. The van der Waals surface area contributed by atoms with Crippen LogP contribution in [-0.2, 0) is 11.3 Å². The minimum absolute atomic E-state index is 0. The molecule has 0 aromatic carbocycles. The van der Waals surface area contributed by atoms with E-state index in [-0.39, 0.29) is 23.6 Å². The molecule has 0 atom stereocenters. The Morgan fingerprint density at radius 2 is 1.88 bits per heavy atom. The zero-order valence-electron chi connectivity index (χ0n) is 15.5. The molecule has 7 heteroatoms. The van der Waals surface area contributed by atoms with Gasteiger partial charge in [0.15, 0.2) is 5.12 Å². The maximum Gasteiger partial charge on any atom is 0.317 e. The number of nitrogens with zero attached hydrogens (tertiary/aromatic N) is 2. The van der Waals surface area contributed by atoms with Crippen LogP contribution in [-0.4, -0.2) is 39.9 Å². The number of carbonyl (C=O) groups is 2. The quantitative estimate of drug-likeness (QED) is 0.709. The van der Waals surface area contributed by atoms with Crippen LogP contribution < -0.4 is 5.32 Å². The minimum atomic E-state index is -0.0447. The van der Waals surface area contributed by atoms with Crippen LogP contribution in [0.2, 0.25) is 0 Å². The average Bonchev–Trinajstić information content (AvgIpc) is 2.64. The molecule has 1 aromatic rings. The molecule has 0 spiro atoms. The van der Waals surface area contributed by atoms with Crippen molar-refractivity contribution in [2.24, 2.45) is 5.92 Å². The molecule has 2 amide bonds. The highest BCUT2D eigenvalue weighted by Crippen LogP contribution is 2.26. The Labute approximate surface area is 167 Å². The van der Waals surface area contributed by atoms with E-state index < -0.39 is 0 Å². The number of carbonyl (C=O) groups excluding carboxylic acids is 2. The van der Waals surface area contributed by atoms with E-state index in [0.717, 1.165) is 24.4 Å². The Morgan fingerprint density at radius 1 is 1.19 bits per heavy atom. The van der Waals surface area contributed by atoms with E-state index in [9.17, 15) is 9.59 Å². The fourth-order valence-electron chi connectivity index (χ4n) is 3.22. The molecule has 1 heterocycles. The minimum Gasteiger partial charge on any atom is -0.334 e. The first kappa shape index (κ1) is 22.8. The largest absolute Gasteiger partial charge is 0.334 e. The van der Waals surface area contributed by atoms with E-state index in [4.69, 9.17) is 0 Å². The number of aromatic nitrogens is 1. The number of rotatable bonds is 8. The molecule has 1 aliphatic rings. The molecule has 1 aliphatic carbocycles. The fraction of sp³-hybridized carbons (Fsp3) is 0.632. The van der Waals surface area contributed by atoms with Gasteiger partial charge in [0.05, 0.1) is 0 Å². The summed E-state index contributed by atoms with van der Waals surface area (Å²) in [4.78, 5) is 29.6. The van der Waals surface area contributed by atoms with E-state index >= 15 is 0 Å². The lowest BCUT2D eigenvalue weighted by atomic mass is 9.87. The first-order valence-electron chi connectivity index (χ1n) is 9.20. The van der Waals surface area contributed by atoms with Crippen molar-refractivity contribution in [2.45, 2.75) is 52.0 Å². The lowest BCUT2D eigenvalue weighted by Gasteiger charge is -2.27. The summed E-state index contributed by atoms with van der Waals surface area (Å²) in [6, 6.07) is 3.76. The van der Waals surface area contributed by atoms with E-state index in [1.807, 2.05) is 17.0 Å². The predicted octanol–water partition coefficient (Wildman–Crippen LogP) is 4.27. The molecule has 2 rings (SSSR count). The summed E-state index contributed by atoms with van der Waals surface area (Å²) in [6.07, 6.45) is 11.1. The normalized spacial score (nSPS) is 14.3. The van der Waals surface area contributed by atoms with Gasteiger partial charge in [0.1, 0.15) is 0 Å². The van der Waals surface area contributed by atoms with Gasteiger partial charge in [-0.05, 0) is 30.0 Å². The first-order chi connectivity index (χ1) is 12.1. The number of hydrogen-bond donors (Lipinski definition) is 1. The molecule has 5 nitrogen and oxygen atoms in total. The van der Waals surface area contributed by atoms with Gasteiger partial charge in [0.25, 0.3) is 0 Å². The number of urea groups is 1. The summed E-state index contributed by atoms with van der Waals surface area (Å²) < 4.78 is 0. The van der Waals surface area contributed by atoms with Crippen LogP contribution in [0.1, 0.15) is 51.0 Å². The molecule has 1 N–H and O–H groups in total. The lowest BCUT2D eigenvalue weighted by molar-refractivity contribution is -0.109. The Bertz CT molecular complexity index is 539. The van der Waals surface area contributed by atoms with Crippen LogP contribution in [0.5, 0.6) is 0 Å². The molecule has 0 radical (unpaired) electrons. The van der Waals surface area contributed by atoms with Gasteiger partial charge in [0.2, 0.25) is 0 Å². The average molecular weight is 400 g/mol. The van der Waals surface area contributed by atoms with Crippen LogP contribution in [0.3, 0.4) is 0 Å². The Morgan fingerprint density at radius 3 is 2.54 bits per heavy atom. The van der Waals surface area contributed by atoms with Crippen molar-refractivity contribution in [1.82, 2.24) is 15.2 Å². The SMILES string of the molecule is CC(=O)SCCN(CCC1CCCCC1)C(=O)NCc1ccncc1.Cl. The standard InChI is InChI=1S/C19H29N3O2S.ClH/c1-16(23)25-14-13-22(12-9-17-5-3-2-4-6-17)19(24)21-15-18-7-10-20-11-8-18;/h7-8,10-11,17H,2-6,9,12-15H2,1H3,(H,21,24);1H. The highest BCUT2D eigenvalue weighted by Gasteiger charge is 2.18. The second kappa shape index (κ2) is 13.0. The van der Waals surface area contributed by atoms with Crippen molar-refractivity contribution in [1.29, 1.82) is 0 Å². The topological polar surface area (TPSA) is 62.3 Å². The van der Waals surface area contributed by atoms with Gasteiger partial charge in [-0.25, -0.2) is 4.79 Å². The van der Waals surface area contributed by atoms with Crippen molar-refractivity contribution in [2.75, 3.05) is 18.8 Å². The third kappa shape index (κ3) is 8.90. The predicted molar refractivity (Wildman–Crippen MR) is 110 cm³/mol. The van der Waals surface area contributed by atoms with Crippen LogP contribution in [0, 0.1) is 5.92 Å². The number of halogens is 1. The summed E-state index contributed by atoms with van der Waals surface area (Å²) >= 11 is 1.28. The summed E-state index contributed by atoms with van der Waals surface area (Å²) in [6.45, 7) is 3.45. The zero-order valence-corrected chi connectivity index (χ0v) is 17.1. The van der Waals surface area contributed by atoms with Gasteiger partial charge < -0.3 is 10.2 Å². The van der Waals surface area contributed by atoms with Gasteiger partial charge in [-0.15, -0.1) is 12.4 Å². The summed E-state index contributed by atoms with van der Waals surface area (Å²) in [5, 5.41) is 3.09. The van der Waals surface area contributed by atoms with E-state index in [1.54, 1.807) is 19.3 Å². The monoisotopic (exact) mass is 399 g/mol. The lowest BCUT2D eigenvalue weighted by Crippen LogP contribution is -2.42. The van der Waals surface area contributed by atoms with Gasteiger partial charge in [0, 0.05) is 44.7 Å². The third-order valence-electron chi connectivity index (χ3n) is 4.68. The molecule has 26 heavy (non-hydrogen) atoms. The Kier molecular flexibility index (Phi) is 11.4. The van der Waals surface area contributed by atoms with Crippen molar-refractivity contribution >= 4 is 35.3 Å². The van der Waals surface area contributed by atoms with Crippen LogP contribution in [0.4, 0.5) is 4.79 Å². The third-order valence-corrected chi connectivity index (χ3v) is 5.47. The highest BCUT2D eigenvalue weighted by atomic mass is 35.5. The van der Waals surface area contributed by atoms with Crippen molar-refractivity contribution < 1.29 is 9.59 Å². The van der Waals surface area contributed by atoms with Gasteiger partial charge in [-0.1, -0.05) is 43.9 Å². The molecular weight excluding hydrogens is 370 g/mol. The maximum absolute atomic E-state index is 12.6. The second-order valence-electron chi connectivity index (χ2n) is 6.63. The van der Waals surface area contributed by atoms with Crippen molar-refractivity contribution in [3.05, 3.63) is 30.1 Å². The fourth-order valence-corrected chi connectivity index (χ4v) is 3.82. The van der Waals surface area contributed by atoms with Gasteiger partial charge >= 0.3 is 6.03 Å². The molecule has 0 unspecified atom stereocenters. The molecule has 1 saturated carbocycles.